The Morgan fingerprint density at radius 3 is 2.88 bits per heavy atom. The first-order valence-electron chi connectivity index (χ1n) is 6.96. The molecule has 3 atom stereocenters. The Morgan fingerprint density at radius 1 is 1.29 bits per heavy atom. The molecule has 0 radical (unpaired) electrons. The zero-order valence-corrected chi connectivity index (χ0v) is 10.5. The highest BCUT2D eigenvalue weighted by molar-refractivity contribution is 5.66. The summed E-state index contributed by atoms with van der Waals surface area (Å²) in [5, 5.41) is 15.8. The van der Waals surface area contributed by atoms with Gasteiger partial charge in [0, 0.05) is 18.5 Å². The van der Waals surface area contributed by atoms with Crippen LogP contribution in [-0.4, -0.2) is 36.2 Å². The molecule has 0 bridgehead atoms. The van der Waals surface area contributed by atoms with Crippen molar-refractivity contribution >= 4 is 5.97 Å². The van der Waals surface area contributed by atoms with Crippen molar-refractivity contribution in [1.82, 2.24) is 10.6 Å². The number of aliphatic carboxylic acids is 1. The van der Waals surface area contributed by atoms with Crippen LogP contribution >= 0.6 is 0 Å². The van der Waals surface area contributed by atoms with E-state index in [1.807, 2.05) is 0 Å². The molecule has 1 saturated heterocycles. The monoisotopic (exact) mass is 240 g/mol. The molecular formula is C13H24N2O2. The van der Waals surface area contributed by atoms with Crippen molar-refractivity contribution in [2.75, 3.05) is 13.1 Å². The number of hydrogen-bond acceptors (Lipinski definition) is 3. The number of carboxylic acid groups (broad SMARTS) is 1. The first-order valence-corrected chi connectivity index (χ1v) is 6.96. The highest BCUT2D eigenvalue weighted by Crippen LogP contribution is 2.31. The van der Waals surface area contributed by atoms with Crippen molar-refractivity contribution < 1.29 is 9.90 Å². The molecule has 4 nitrogen and oxygen atoms in total. The van der Waals surface area contributed by atoms with Gasteiger partial charge in [0.25, 0.3) is 0 Å². The van der Waals surface area contributed by atoms with E-state index in [9.17, 15) is 4.79 Å². The highest BCUT2D eigenvalue weighted by atomic mass is 16.4. The average molecular weight is 240 g/mol. The third kappa shape index (κ3) is 3.68. The third-order valence-corrected chi connectivity index (χ3v) is 4.16. The standard InChI is InChI=1S/C13H24N2O2/c16-13(17)7-3-9-15-11-5-1-4-10(11)12-6-2-8-14-12/h10-12,14-15H,1-9H2,(H,16,17). The molecule has 17 heavy (non-hydrogen) atoms. The molecule has 4 heteroatoms. The van der Waals surface area contributed by atoms with E-state index < -0.39 is 5.97 Å². The van der Waals surface area contributed by atoms with Crippen molar-refractivity contribution in [2.24, 2.45) is 5.92 Å². The van der Waals surface area contributed by atoms with Gasteiger partial charge < -0.3 is 15.7 Å². The summed E-state index contributed by atoms with van der Waals surface area (Å²) in [4.78, 5) is 10.4. The second-order valence-electron chi connectivity index (χ2n) is 5.36. The summed E-state index contributed by atoms with van der Waals surface area (Å²) in [5.41, 5.74) is 0. The van der Waals surface area contributed by atoms with E-state index in [0.717, 1.165) is 18.9 Å². The maximum atomic E-state index is 10.4. The maximum Gasteiger partial charge on any atom is 0.303 e. The third-order valence-electron chi connectivity index (χ3n) is 4.16. The predicted molar refractivity (Wildman–Crippen MR) is 67.0 cm³/mol. The first kappa shape index (κ1) is 12.8. The molecular weight excluding hydrogens is 216 g/mol. The van der Waals surface area contributed by atoms with Gasteiger partial charge in [0.1, 0.15) is 0 Å². The van der Waals surface area contributed by atoms with E-state index in [1.165, 1.54) is 38.6 Å². The quantitative estimate of drug-likeness (QED) is 0.614. The molecule has 2 aliphatic rings. The SMILES string of the molecule is O=C(O)CCCNC1CCCC1C1CCCN1. The zero-order chi connectivity index (χ0) is 12.1. The average Bonchev–Trinajstić information content (AvgIpc) is 2.94. The molecule has 1 saturated carbocycles. The van der Waals surface area contributed by atoms with Crippen molar-refractivity contribution in [3.63, 3.8) is 0 Å². The number of carboxylic acids is 1. The maximum absolute atomic E-state index is 10.4. The van der Waals surface area contributed by atoms with Crippen LogP contribution in [0, 0.1) is 5.92 Å². The summed E-state index contributed by atoms with van der Waals surface area (Å²) in [6, 6.07) is 1.31. The van der Waals surface area contributed by atoms with Gasteiger partial charge in [-0.25, -0.2) is 0 Å². The second-order valence-corrected chi connectivity index (χ2v) is 5.36. The minimum atomic E-state index is -0.688. The largest absolute Gasteiger partial charge is 0.481 e. The topological polar surface area (TPSA) is 61.4 Å². The van der Waals surface area contributed by atoms with E-state index in [2.05, 4.69) is 10.6 Å². The molecule has 1 aliphatic heterocycles. The van der Waals surface area contributed by atoms with Gasteiger partial charge in [-0.1, -0.05) is 6.42 Å². The van der Waals surface area contributed by atoms with Crippen LogP contribution in [0.5, 0.6) is 0 Å². The number of hydrogen-bond donors (Lipinski definition) is 3. The highest BCUT2D eigenvalue weighted by Gasteiger charge is 2.34. The zero-order valence-electron chi connectivity index (χ0n) is 10.5. The van der Waals surface area contributed by atoms with Crippen LogP contribution in [0.25, 0.3) is 0 Å². The van der Waals surface area contributed by atoms with E-state index in [4.69, 9.17) is 5.11 Å². The molecule has 0 aromatic carbocycles. The van der Waals surface area contributed by atoms with Gasteiger partial charge in [0.2, 0.25) is 0 Å². The Kier molecular flexibility index (Phi) is 4.80. The summed E-state index contributed by atoms with van der Waals surface area (Å²) in [6.07, 6.45) is 7.57. The second kappa shape index (κ2) is 6.36. The normalized spacial score (nSPS) is 33.1. The molecule has 0 aromatic rings. The Balaban J connectivity index is 1.69. The molecule has 0 spiro atoms. The van der Waals surface area contributed by atoms with Gasteiger partial charge in [0.15, 0.2) is 0 Å². The number of rotatable bonds is 6. The van der Waals surface area contributed by atoms with E-state index in [1.54, 1.807) is 0 Å². The van der Waals surface area contributed by atoms with Crippen LogP contribution in [0.3, 0.4) is 0 Å². The molecule has 0 aromatic heterocycles. The van der Waals surface area contributed by atoms with Crippen molar-refractivity contribution in [3.8, 4) is 0 Å². The fourth-order valence-corrected chi connectivity index (χ4v) is 3.33. The Labute approximate surface area is 103 Å². The lowest BCUT2D eigenvalue weighted by Crippen LogP contribution is -2.42. The van der Waals surface area contributed by atoms with Gasteiger partial charge in [-0.15, -0.1) is 0 Å². The first-order chi connectivity index (χ1) is 8.27. The smallest absolute Gasteiger partial charge is 0.303 e. The van der Waals surface area contributed by atoms with Crippen molar-refractivity contribution in [3.05, 3.63) is 0 Å². The van der Waals surface area contributed by atoms with Crippen molar-refractivity contribution in [2.45, 2.75) is 57.0 Å². The summed E-state index contributed by atoms with van der Waals surface area (Å²) in [7, 11) is 0. The Hall–Kier alpha value is -0.610. The molecule has 2 fully saturated rings. The fraction of sp³-hybridized carbons (Fsp3) is 0.923. The molecule has 3 unspecified atom stereocenters. The number of carbonyl (C=O) groups is 1. The summed E-state index contributed by atoms with van der Waals surface area (Å²) < 4.78 is 0. The molecule has 2 rings (SSSR count). The van der Waals surface area contributed by atoms with Crippen LogP contribution in [0.15, 0.2) is 0 Å². The van der Waals surface area contributed by atoms with Crippen molar-refractivity contribution in [1.29, 1.82) is 0 Å². The van der Waals surface area contributed by atoms with Gasteiger partial charge >= 0.3 is 5.97 Å². The lowest BCUT2D eigenvalue weighted by Gasteiger charge is -2.26. The molecule has 98 valence electrons. The van der Waals surface area contributed by atoms with Crippen LogP contribution < -0.4 is 10.6 Å². The van der Waals surface area contributed by atoms with E-state index in [-0.39, 0.29) is 6.42 Å². The minimum absolute atomic E-state index is 0.284. The minimum Gasteiger partial charge on any atom is -0.481 e. The predicted octanol–water partition coefficient (Wildman–Crippen LogP) is 1.36. The lowest BCUT2D eigenvalue weighted by molar-refractivity contribution is -0.137. The summed E-state index contributed by atoms with van der Waals surface area (Å²) in [5.74, 6) is 0.0783. The Morgan fingerprint density at radius 2 is 2.18 bits per heavy atom. The van der Waals surface area contributed by atoms with E-state index >= 15 is 0 Å². The lowest BCUT2D eigenvalue weighted by atomic mass is 9.93. The van der Waals surface area contributed by atoms with E-state index in [0.29, 0.717) is 12.1 Å². The molecule has 1 heterocycles. The van der Waals surface area contributed by atoms with Crippen LogP contribution in [-0.2, 0) is 4.79 Å². The molecule has 0 amide bonds. The summed E-state index contributed by atoms with van der Waals surface area (Å²) >= 11 is 0. The molecule has 1 aliphatic carbocycles. The van der Waals surface area contributed by atoms with Gasteiger partial charge in [-0.3, -0.25) is 4.79 Å². The summed E-state index contributed by atoms with van der Waals surface area (Å²) in [6.45, 7) is 2.02. The van der Waals surface area contributed by atoms with Gasteiger partial charge in [-0.2, -0.15) is 0 Å². The Bertz CT molecular complexity index is 252. The van der Waals surface area contributed by atoms with Crippen LogP contribution in [0.4, 0.5) is 0 Å². The van der Waals surface area contributed by atoms with Crippen LogP contribution in [0.1, 0.15) is 44.9 Å². The van der Waals surface area contributed by atoms with Crippen LogP contribution in [0.2, 0.25) is 0 Å². The molecule has 3 N–H and O–H groups in total. The fourth-order valence-electron chi connectivity index (χ4n) is 3.33. The number of nitrogens with one attached hydrogen (secondary N) is 2. The van der Waals surface area contributed by atoms with Gasteiger partial charge in [0.05, 0.1) is 0 Å². The van der Waals surface area contributed by atoms with Gasteiger partial charge in [-0.05, 0) is 51.1 Å².